The first kappa shape index (κ1) is 19.0. The third-order valence-electron chi connectivity index (χ3n) is 4.53. The lowest BCUT2D eigenvalue weighted by Crippen LogP contribution is -2.39. The van der Waals surface area contributed by atoms with Crippen LogP contribution in [0, 0.1) is 27.7 Å². The lowest BCUT2D eigenvalue weighted by Gasteiger charge is -2.21. The molecule has 0 saturated carbocycles. The Hall–Kier alpha value is -2.29. The normalized spacial score (nSPS) is 13.2. The van der Waals surface area contributed by atoms with E-state index in [9.17, 15) is 4.79 Å². The number of amides is 1. The molecule has 0 bridgehead atoms. The fourth-order valence-corrected chi connectivity index (χ4v) is 2.91. The van der Waals surface area contributed by atoms with E-state index < -0.39 is 6.10 Å². The lowest BCUT2D eigenvalue weighted by atomic mass is 10.0. The van der Waals surface area contributed by atoms with Crippen LogP contribution in [0.25, 0.3) is 0 Å². The summed E-state index contributed by atoms with van der Waals surface area (Å²) in [4.78, 5) is 12.6. The Morgan fingerprint density at radius 2 is 1.64 bits per heavy atom. The molecule has 0 aliphatic rings. The molecule has 2 rings (SSSR count). The summed E-state index contributed by atoms with van der Waals surface area (Å²) in [6.07, 6.45) is 0.133. The van der Waals surface area contributed by atoms with Crippen molar-refractivity contribution in [2.75, 3.05) is 0 Å². The largest absolute Gasteiger partial charge is 0.481 e. The zero-order valence-corrected chi connectivity index (χ0v) is 16.1. The molecule has 0 aliphatic heterocycles. The maximum absolute atomic E-state index is 12.6. The number of hydrogen-bond acceptors (Lipinski definition) is 2. The van der Waals surface area contributed by atoms with Crippen molar-refractivity contribution in [3.63, 3.8) is 0 Å². The first-order valence-corrected chi connectivity index (χ1v) is 8.92. The third kappa shape index (κ3) is 5.09. The number of benzene rings is 2. The summed E-state index contributed by atoms with van der Waals surface area (Å²) in [5, 5.41) is 3.08. The minimum atomic E-state index is -0.491. The first-order chi connectivity index (χ1) is 11.8. The Balaban J connectivity index is 2.07. The van der Waals surface area contributed by atoms with Crippen LogP contribution in [-0.4, -0.2) is 12.0 Å². The van der Waals surface area contributed by atoms with Gasteiger partial charge in [0.15, 0.2) is 6.10 Å². The standard InChI is InChI=1S/C22H29NO2/c1-7-21(25-20-11-14(2)10-15(3)12-20)22(24)23-18(6)19-9-8-16(4)17(5)13-19/h8-13,18,21H,7H2,1-6H3,(H,23,24)/t18-,21-/m1/s1. The maximum Gasteiger partial charge on any atom is 0.261 e. The summed E-state index contributed by atoms with van der Waals surface area (Å²) in [5.74, 6) is 0.672. The van der Waals surface area contributed by atoms with Crippen molar-refractivity contribution in [3.05, 3.63) is 64.2 Å². The Labute approximate surface area is 151 Å². The summed E-state index contributed by atoms with van der Waals surface area (Å²) in [5.41, 5.74) is 5.87. The quantitative estimate of drug-likeness (QED) is 0.808. The second-order valence-corrected chi connectivity index (χ2v) is 6.91. The molecule has 0 heterocycles. The molecule has 2 aromatic carbocycles. The van der Waals surface area contributed by atoms with Gasteiger partial charge in [0.05, 0.1) is 6.04 Å². The van der Waals surface area contributed by atoms with Crippen molar-refractivity contribution < 1.29 is 9.53 Å². The van der Waals surface area contributed by atoms with Gasteiger partial charge in [0.25, 0.3) is 5.91 Å². The number of carbonyl (C=O) groups is 1. The number of rotatable bonds is 6. The number of nitrogens with one attached hydrogen (secondary N) is 1. The molecule has 0 saturated heterocycles. The monoisotopic (exact) mass is 339 g/mol. The Morgan fingerprint density at radius 1 is 1.00 bits per heavy atom. The van der Waals surface area contributed by atoms with E-state index in [2.05, 4.69) is 43.4 Å². The number of hydrogen-bond donors (Lipinski definition) is 1. The number of ether oxygens (including phenoxy) is 1. The van der Waals surface area contributed by atoms with Gasteiger partial charge in [0, 0.05) is 0 Å². The Morgan fingerprint density at radius 3 is 2.20 bits per heavy atom. The van der Waals surface area contributed by atoms with Gasteiger partial charge in [0.2, 0.25) is 0 Å². The van der Waals surface area contributed by atoms with Gasteiger partial charge in [-0.1, -0.05) is 31.2 Å². The molecule has 0 fully saturated rings. The molecule has 0 unspecified atom stereocenters. The molecular weight excluding hydrogens is 310 g/mol. The Bertz CT molecular complexity index is 731. The summed E-state index contributed by atoms with van der Waals surface area (Å²) in [6, 6.07) is 12.3. The summed E-state index contributed by atoms with van der Waals surface area (Å²) < 4.78 is 5.95. The molecule has 3 heteroatoms. The SMILES string of the molecule is CC[C@@H](Oc1cc(C)cc(C)c1)C(=O)N[C@H](C)c1ccc(C)c(C)c1. The maximum atomic E-state index is 12.6. The predicted molar refractivity (Wildman–Crippen MR) is 103 cm³/mol. The Kier molecular flexibility index (Phi) is 6.24. The van der Waals surface area contributed by atoms with Crippen molar-refractivity contribution in [1.82, 2.24) is 5.32 Å². The third-order valence-corrected chi connectivity index (χ3v) is 4.53. The molecule has 0 radical (unpaired) electrons. The number of aryl methyl sites for hydroxylation is 4. The van der Waals surface area contributed by atoms with Gasteiger partial charge in [-0.3, -0.25) is 4.79 Å². The molecule has 1 amide bonds. The van der Waals surface area contributed by atoms with Gasteiger partial charge in [-0.15, -0.1) is 0 Å². The van der Waals surface area contributed by atoms with Crippen LogP contribution < -0.4 is 10.1 Å². The van der Waals surface area contributed by atoms with Crippen molar-refractivity contribution in [2.45, 2.75) is 60.1 Å². The molecule has 0 aromatic heterocycles. The molecule has 0 spiro atoms. The van der Waals surface area contributed by atoms with Crippen LogP contribution in [0.5, 0.6) is 5.75 Å². The minimum Gasteiger partial charge on any atom is -0.481 e. The molecule has 2 aromatic rings. The van der Waals surface area contributed by atoms with Gasteiger partial charge in [-0.25, -0.2) is 0 Å². The van der Waals surface area contributed by atoms with E-state index in [0.29, 0.717) is 6.42 Å². The molecule has 0 aliphatic carbocycles. The molecule has 3 nitrogen and oxygen atoms in total. The number of carbonyl (C=O) groups excluding carboxylic acids is 1. The van der Waals surface area contributed by atoms with E-state index in [0.717, 1.165) is 22.4 Å². The fourth-order valence-electron chi connectivity index (χ4n) is 2.91. The van der Waals surface area contributed by atoms with Crippen molar-refractivity contribution >= 4 is 5.91 Å². The van der Waals surface area contributed by atoms with Crippen LogP contribution >= 0.6 is 0 Å². The highest BCUT2D eigenvalue weighted by Crippen LogP contribution is 2.20. The predicted octanol–water partition coefficient (Wildman–Crippen LogP) is 4.96. The van der Waals surface area contributed by atoms with Crippen molar-refractivity contribution in [1.29, 1.82) is 0 Å². The van der Waals surface area contributed by atoms with E-state index in [1.165, 1.54) is 11.1 Å². The van der Waals surface area contributed by atoms with E-state index >= 15 is 0 Å². The molecular formula is C22H29NO2. The van der Waals surface area contributed by atoms with Crippen LogP contribution in [0.2, 0.25) is 0 Å². The van der Waals surface area contributed by atoms with Crippen LogP contribution in [0.4, 0.5) is 0 Å². The molecule has 2 atom stereocenters. The van der Waals surface area contributed by atoms with E-state index in [4.69, 9.17) is 4.74 Å². The highest BCUT2D eigenvalue weighted by atomic mass is 16.5. The van der Waals surface area contributed by atoms with E-state index in [-0.39, 0.29) is 11.9 Å². The van der Waals surface area contributed by atoms with Gasteiger partial charge in [-0.2, -0.15) is 0 Å². The highest BCUT2D eigenvalue weighted by molar-refractivity contribution is 5.81. The van der Waals surface area contributed by atoms with E-state index in [1.807, 2.05) is 39.8 Å². The highest BCUT2D eigenvalue weighted by Gasteiger charge is 2.21. The fraction of sp³-hybridized carbons (Fsp3) is 0.409. The van der Waals surface area contributed by atoms with Crippen molar-refractivity contribution in [2.24, 2.45) is 0 Å². The second kappa shape index (κ2) is 8.19. The summed E-state index contributed by atoms with van der Waals surface area (Å²) in [7, 11) is 0. The van der Waals surface area contributed by atoms with Crippen LogP contribution in [-0.2, 0) is 4.79 Å². The van der Waals surface area contributed by atoms with Crippen molar-refractivity contribution in [3.8, 4) is 5.75 Å². The molecule has 134 valence electrons. The zero-order valence-electron chi connectivity index (χ0n) is 16.1. The second-order valence-electron chi connectivity index (χ2n) is 6.91. The minimum absolute atomic E-state index is 0.0521. The van der Waals surface area contributed by atoms with Crippen LogP contribution in [0.1, 0.15) is 54.1 Å². The van der Waals surface area contributed by atoms with Crippen LogP contribution in [0.15, 0.2) is 36.4 Å². The lowest BCUT2D eigenvalue weighted by molar-refractivity contribution is -0.128. The topological polar surface area (TPSA) is 38.3 Å². The smallest absolute Gasteiger partial charge is 0.261 e. The van der Waals surface area contributed by atoms with Gasteiger partial charge < -0.3 is 10.1 Å². The summed E-state index contributed by atoms with van der Waals surface area (Å²) in [6.45, 7) is 12.2. The zero-order chi connectivity index (χ0) is 18.6. The molecule has 1 N–H and O–H groups in total. The van der Waals surface area contributed by atoms with E-state index in [1.54, 1.807) is 0 Å². The van der Waals surface area contributed by atoms with Crippen LogP contribution in [0.3, 0.4) is 0 Å². The van der Waals surface area contributed by atoms with Gasteiger partial charge in [0.1, 0.15) is 5.75 Å². The first-order valence-electron chi connectivity index (χ1n) is 8.92. The average molecular weight is 339 g/mol. The van der Waals surface area contributed by atoms with Gasteiger partial charge in [-0.05, 0) is 81.0 Å². The van der Waals surface area contributed by atoms with Gasteiger partial charge >= 0.3 is 0 Å². The molecule has 25 heavy (non-hydrogen) atoms. The summed E-state index contributed by atoms with van der Waals surface area (Å²) >= 11 is 0. The average Bonchev–Trinajstić information content (AvgIpc) is 2.54.